The van der Waals surface area contributed by atoms with Crippen LogP contribution in [0.4, 0.5) is 5.69 Å². The number of rotatable bonds is 11. The molecular weight excluding hydrogens is 524 g/mol. The topological polar surface area (TPSA) is 127 Å². The third kappa shape index (κ3) is 6.80. The predicted molar refractivity (Wildman–Crippen MR) is 149 cm³/mol. The van der Waals surface area contributed by atoms with Gasteiger partial charge >= 0.3 is 0 Å². The third-order valence-corrected chi connectivity index (χ3v) is 9.01. The van der Waals surface area contributed by atoms with Crippen molar-refractivity contribution in [1.82, 2.24) is 4.31 Å². The Morgan fingerprint density at radius 3 is 2.24 bits per heavy atom. The van der Waals surface area contributed by atoms with Crippen LogP contribution in [0.5, 0.6) is 17.2 Å². The van der Waals surface area contributed by atoms with Crippen molar-refractivity contribution in [3.63, 3.8) is 0 Å². The molecular formula is C28H34N2O6S2. The molecule has 0 radical (unpaired) electrons. The van der Waals surface area contributed by atoms with Crippen molar-refractivity contribution in [2.75, 3.05) is 11.9 Å². The van der Waals surface area contributed by atoms with E-state index in [4.69, 9.17) is 0 Å². The zero-order chi connectivity index (χ0) is 28.0. The van der Waals surface area contributed by atoms with Crippen molar-refractivity contribution >= 4 is 33.4 Å². The number of nitrogens with zero attached hydrogens (tertiary/aromatic N) is 1. The number of phenolic OH excluding ortho intramolecular Hbond substituents is 3. The molecule has 3 aromatic rings. The van der Waals surface area contributed by atoms with Crippen LogP contribution in [0, 0.1) is 12.8 Å². The van der Waals surface area contributed by atoms with Gasteiger partial charge in [0, 0.05) is 23.2 Å². The highest BCUT2D eigenvalue weighted by atomic mass is 32.2. The Morgan fingerprint density at radius 1 is 1.03 bits per heavy atom. The molecule has 1 amide bonds. The summed E-state index contributed by atoms with van der Waals surface area (Å²) in [6.45, 7) is 7.43. The van der Waals surface area contributed by atoms with Crippen LogP contribution in [0.1, 0.15) is 39.2 Å². The van der Waals surface area contributed by atoms with Crippen LogP contribution in [0.25, 0.3) is 0 Å². The molecule has 10 heteroatoms. The predicted octanol–water partition coefficient (Wildman–Crippen LogP) is 5.72. The molecule has 0 spiro atoms. The summed E-state index contributed by atoms with van der Waals surface area (Å²) in [6, 6.07) is 14.8. The smallest absolute Gasteiger partial charge is 0.243 e. The zero-order valence-electron chi connectivity index (χ0n) is 21.9. The van der Waals surface area contributed by atoms with Gasteiger partial charge < -0.3 is 20.6 Å². The highest BCUT2D eigenvalue weighted by Crippen LogP contribution is 2.45. The zero-order valence-corrected chi connectivity index (χ0v) is 23.5. The maximum absolute atomic E-state index is 13.7. The van der Waals surface area contributed by atoms with Gasteiger partial charge in [0.1, 0.15) is 11.8 Å². The molecule has 4 N–H and O–H groups in total. The molecule has 0 saturated carbocycles. The molecule has 1 unspecified atom stereocenters. The Bertz CT molecular complexity index is 1360. The van der Waals surface area contributed by atoms with Crippen LogP contribution in [-0.4, -0.2) is 46.5 Å². The molecule has 0 aliphatic heterocycles. The minimum atomic E-state index is -4.08. The van der Waals surface area contributed by atoms with E-state index in [-0.39, 0.29) is 41.0 Å². The van der Waals surface area contributed by atoms with E-state index in [1.807, 2.05) is 51.1 Å². The van der Waals surface area contributed by atoms with Gasteiger partial charge in [0.2, 0.25) is 15.9 Å². The molecule has 0 heterocycles. The first-order valence-electron chi connectivity index (χ1n) is 12.4. The van der Waals surface area contributed by atoms with E-state index in [9.17, 15) is 28.5 Å². The number of hydrogen-bond acceptors (Lipinski definition) is 7. The van der Waals surface area contributed by atoms with E-state index in [1.165, 1.54) is 46.4 Å². The lowest BCUT2D eigenvalue weighted by molar-refractivity contribution is -0.120. The number of carbonyl (C=O) groups is 1. The first kappa shape index (κ1) is 29.3. The van der Waals surface area contributed by atoms with E-state index in [2.05, 4.69) is 5.32 Å². The van der Waals surface area contributed by atoms with Crippen molar-refractivity contribution < 1.29 is 28.5 Å². The van der Waals surface area contributed by atoms with Crippen LogP contribution in [0.15, 0.2) is 75.4 Å². The van der Waals surface area contributed by atoms with Crippen LogP contribution in [0.2, 0.25) is 0 Å². The molecule has 0 aromatic heterocycles. The lowest BCUT2D eigenvalue weighted by Gasteiger charge is -2.31. The normalized spacial score (nSPS) is 12.6. The second-order valence-electron chi connectivity index (χ2n) is 9.42. The number of amides is 1. The largest absolute Gasteiger partial charge is 0.508 e. The van der Waals surface area contributed by atoms with Gasteiger partial charge in [0.25, 0.3) is 0 Å². The lowest BCUT2D eigenvalue weighted by atomic mass is 10.1. The Hall–Kier alpha value is -3.21. The van der Waals surface area contributed by atoms with Crippen molar-refractivity contribution in [1.29, 1.82) is 0 Å². The number of carbonyl (C=O) groups excluding carboxylic acids is 1. The molecule has 0 bridgehead atoms. The van der Waals surface area contributed by atoms with E-state index in [0.29, 0.717) is 16.9 Å². The van der Waals surface area contributed by atoms with E-state index in [0.717, 1.165) is 4.90 Å². The summed E-state index contributed by atoms with van der Waals surface area (Å²) in [5.74, 6) is -1.36. The number of nitrogens with one attached hydrogen (secondary N) is 1. The summed E-state index contributed by atoms with van der Waals surface area (Å²) in [7, 11) is -4.08. The van der Waals surface area contributed by atoms with Gasteiger partial charge in [-0.15, -0.1) is 0 Å². The molecule has 1 atom stereocenters. The number of aromatic hydroxyl groups is 3. The molecule has 8 nitrogen and oxygen atoms in total. The molecule has 38 heavy (non-hydrogen) atoms. The first-order valence-corrected chi connectivity index (χ1v) is 14.6. The van der Waals surface area contributed by atoms with Crippen molar-refractivity contribution in [3.8, 4) is 17.2 Å². The number of phenols is 3. The lowest BCUT2D eigenvalue weighted by Crippen LogP contribution is -2.48. The van der Waals surface area contributed by atoms with E-state index in [1.54, 1.807) is 6.92 Å². The molecule has 3 rings (SSSR count). The van der Waals surface area contributed by atoms with Gasteiger partial charge in [-0.1, -0.05) is 57.2 Å². The minimum Gasteiger partial charge on any atom is -0.508 e. The van der Waals surface area contributed by atoms with Gasteiger partial charge in [-0.05, 0) is 61.2 Å². The van der Waals surface area contributed by atoms with Gasteiger partial charge in [-0.2, -0.15) is 4.31 Å². The van der Waals surface area contributed by atoms with Crippen LogP contribution >= 0.6 is 11.8 Å². The Kier molecular flexibility index (Phi) is 9.70. The maximum Gasteiger partial charge on any atom is 0.243 e. The summed E-state index contributed by atoms with van der Waals surface area (Å²) in [5.41, 5.74) is 0.811. The molecule has 3 aromatic carbocycles. The molecule has 0 saturated heterocycles. The summed E-state index contributed by atoms with van der Waals surface area (Å²) in [5, 5.41) is 33.4. The second kappa shape index (κ2) is 12.6. The van der Waals surface area contributed by atoms with Crippen molar-refractivity contribution in [3.05, 3.63) is 66.2 Å². The standard InChI is InChI=1S/C28H34N2O6S2/c1-5-9-24(30(17-18(2)3)38(35,36)22-14-12-20(31)13-15-22)28(34)29-23-16-25(32)26(33)27(19(23)4)37-21-10-7-6-8-11-21/h6-8,10-16,18,24,31-33H,5,9,17H2,1-4H3,(H,29,34). The maximum atomic E-state index is 13.7. The monoisotopic (exact) mass is 558 g/mol. The Balaban J connectivity index is 2.00. The first-order chi connectivity index (χ1) is 17.9. The van der Waals surface area contributed by atoms with Crippen molar-refractivity contribution in [2.24, 2.45) is 5.92 Å². The SMILES string of the molecule is CCCC(C(=O)Nc1cc(O)c(O)c(Sc2ccccc2)c1C)N(CC(C)C)S(=O)(=O)c1ccc(O)cc1. The summed E-state index contributed by atoms with van der Waals surface area (Å²) in [6.07, 6.45) is 0.817. The van der Waals surface area contributed by atoms with E-state index >= 15 is 0 Å². The molecule has 0 aliphatic rings. The Labute approximate surface area is 228 Å². The van der Waals surface area contributed by atoms with Gasteiger partial charge in [0.05, 0.1) is 9.79 Å². The quantitative estimate of drug-likeness (QED) is 0.175. The van der Waals surface area contributed by atoms with E-state index < -0.39 is 27.7 Å². The number of sulfonamides is 1. The highest BCUT2D eigenvalue weighted by Gasteiger charge is 2.36. The second-order valence-corrected chi connectivity index (χ2v) is 12.4. The highest BCUT2D eigenvalue weighted by molar-refractivity contribution is 7.99. The molecule has 204 valence electrons. The summed E-state index contributed by atoms with van der Waals surface area (Å²) < 4.78 is 28.5. The number of anilines is 1. The van der Waals surface area contributed by atoms with Crippen LogP contribution in [-0.2, 0) is 14.8 Å². The third-order valence-electron chi connectivity index (χ3n) is 5.91. The average Bonchev–Trinajstić information content (AvgIpc) is 2.87. The van der Waals surface area contributed by atoms with Gasteiger partial charge in [0.15, 0.2) is 11.5 Å². The fourth-order valence-electron chi connectivity index (χ4n) is 3.99. The van der Waals surface area contributed by atoms with Crippen LogP contribution in [0.3, 0.4) is 0 Å². The van der Waals surface area contributed by atoms with Crippen molar-refractivity contribution in [2.45, 2.75) is 61.3 Å². The summed E-state index contributed by atoms with van der Waals surface area (Å²) in [4.78, 5) is 14.9. The van der Waals surface area contributed by atoms with Crippen LogP contribution < -0.4 is 5.32 Å². The summed E-state index contributed by atoms with van der Waals surface area (Å²) >= 11 is 1.24. The fourth-order valence-corrected chi connectivity index (χ4v) is 6.77. The molecule has 0 fully saturated rings. The number of benzene rings is 3. The number of hydrogen-bond donors (Lipinski definition) is 4. The minimum absolute atomic E-state index is 0.0233. The fraction of sp³-hybridized carbons (Fsp3) is 0.321. The van der Waals surface area contributed by atoms with Gasteiger partial charge in [-0.3, -0.25) is 4.79 Å². The van der Waals surface area contributed by atoms with Gasteiger partial charge in [-0.25, -0.2) is 8.42 Å². The average molecular weight is 559 g/mol. The Morgan fingerprint density at radius 2 is 1.66 bits per heavy atom. The molecule has 0 aliphatic carbocycles.